The van der Waals surface area contributed by atoms with Gasteiger partial charge in [-0.15, -0.1) is 0 Å². The number of aromatic nitrogens is 2. The summed E-state index contributed by atoms with van der Waals surface area (Å²) in [6, 6.07) is 1.63. The zero-order valence-electron chi connectivity index (χ0n) is 7.29. The highest BCUT2D eigenvalue weighted by Crippen LogP contribution is 2.07. The van der Waals surface area contributed by atoms with Gasteiger partial charge < -0.3 is 10.1 Å². The molecule has 0 aliphatic heterocycles. The van der Waals surface area contributed by atoms with Crippen molar-refractivity contribution < 1.29 is 9.53 Å². The van der Waals surface area contributed by atoms with Crippen molar-refractivity contribution in [1.82, 2.24) is 9.78 Å². The number of carbonyl (C=O) groups is 1. The Kier molecular flexibility index (Phi) is 2.32. The number of ether oxygens (including phenoxy) is 1. The summed E-state index contributed by atoms with van der Waals surface area (Å²) in [5.74, 6) is 0.268. The molecule has 0 aliphatic carbocycles. The monoisotopic (exact) mass is 169 g/mol. The van der Waals surface area contributed by atoms with Gasteiger partial charge >= 0.3 is 5.97 Å². The van der Waals surface area contributed by atoms with E-state index >= 15 is 0 Å². The number of rotatable bonds is 2. The molecule has 0 spiro atoms. The summed E-state index contributed by atoms with van der Waals surface area (Å²) in [5.41, 5.74) is 0.432. The van der Waals surface area contributed by atoms with Crippen molar-refractivity contribution in [2.24, 2.45) is 7.05 Å². The Morgan fingerprint density at radius 3 is 2.83 bits per heavy atom. The highest BCUT2D eigenvalue weighted by Gasteiger charge is 2.11. The van der Waals surface area contributed by atoms with Crippen molar-refractivity contribution in [1.29, 1.82) is 0 Å². The van der Waals surface area contributed by atoms with E-state index in [4.69, 9.17) is 0 Å². The van der Waals surface area contributed by atoms with Crippen molar-refractivity contribution in [3.05, 3.63) is 11.8 Å². The molecule has 66 valence electrons. The first-order valence-corrected chi connectivity index (χ1v) is 3.49. The molecule has 0 saturated carbocycles. The second-order valence-electron chi connectivity index (χ2n) is 2.28. The Balaban J connectivity index is 2.99. The van der Waals surface area contributed by atoms with Crippen molar-refractivity contribution in [2.75, 3.05) is 19.5 Å². The second kappa shape index (κ2) is 3.25. The van der Waals surface area contributed by atoms with Crippen LogP contribution in [0.3, 0.4) is 0 Å². The smallest absolute Gasteiger partial charge is 0.356 e. The van der Waals surface area contributed by atoms with Crippen LogP contribution in [0.15, 0.2) is 6.07 Å². The van der Waals surface area contributed by atoms with E-state index < -0.39 is 0 Å². The van der Waals surface area contributed by atoms with Crippen LogP contribution < -0.4 is 5.32 Å². The average molecular weight is 169 g/mol. The molecule has 1 aromatic heterocycles. The van der Waals surface area contributed by atoms with E-state index in [0.717, 1.165) is 0 Å². The summed E-state index contributed by atoms with van der Waals surface area (Å²) < 4.78 is 6.02. The molecular weight excluding hydrogens is 158 g/mol. The SMILES string of the molecule is CNc1cc(C(=O)OC)n(C)n1. The molecule has 0 aromatic carbocycles. The summed E-state index contributed by atoms with van der Waals surface area (Å²) in [7, 11) is 4.77. The number of carbonyl (C=O) groups excluding carboxylic acids is 1. The summed E-state index contributed by atoms with van der Waals surface area (Å²) in [6.45, 7) is 0. The predicted molar refractivity (Wildman–Crippen MR) is 44.1 cm³/mol. The van der Waals surface area contributed by atoms with Gasteiger partial charge in [-0.2, -0.15) is 5.10 Å². The third kappa shape index (κ3) is 1.39. The van der Waals surface area contributed by atoms with Gasteiger partial charge in [0, 0.05) is 20.2 Å². The van der Waals surface area contributed by atoms with Gasteiger partial charge in [-0.05, 0) is 0 Å². The van der Waals surface area contributed by atoms with Crippen molar-refractivity contribution in [3.8, 4) is 0 Å². The van der Waals surface area contributed by atoms with E-state index in [1.165, 1.54) is 11.8 Å². The molecule has 0 saturated heterocycles. The molecule has 0 fully saturated rings. The standard InChI is InChI=1S/C7H11N3O2/c1-8-6-4-5(7(11)12-3)10(2)9-6/h4H,1-3H3,(H,8,9). The van der Waals surface area contributed by atoms with Crippen LogP contribution in [0.2, 0.25) is 0 Å². The molecule has 0 bridgehead atoms. The summed E-state index contributed by atoms with van der Waals surface area (Å²) >= 11 is 0. The fourth-order valence-electron chi connectivity index (χ4n) is 0.885. The van der Waals surface area contributed by atoms with Crippen molar-refractivity contribution in [2.45, 2.75) is 0 Å². The van der Waals surface area contributed by atoms with Gasteiger partial charge in [0.2, 0.25) is 0 Å². The zero-order valence-corrected chi connectivity index (χ0v) is 7.29. The van der Waals surface area contributed by atoms with E-state index in [0.29, 0.717) is 11.5 Å². The lowest BCUT2D eigenvalue weighted by Crippen LogP contribution is -2.07. The van der Waals surface area contributed by atoms with E-state index in [2.05, 4.69) is 15.2 Å². The van der Waals surface area contributed by atoms with Crippen LogP contribution in [0.1, 0.15) is 10.5 Å². The molecule has 1 aromatic rings. The molecule has 0 aliphatic rings. The minimum absolute atomic E-state index is 0.383. The second-order valence-corrected chi connectivity index (χ2v) is 2.28. The van der Waals surface area contributed by atoms with Crippen LogP contribution in [0.5, 0.6) is 0 Å². The average Bonchev–Trinajstić information content (AvgIpc) is 2.45. The molecule has 1 heterocycles. The molecule has 1 N–H and O–H groups in total. The Labute approximate surface area is 70.3 Å². The summed E-state index contributed by atoms with van der Waals surface area (Å²) in [5, 5.41) is 6.83. The summed E-state index contributed by atoms with van der Waals surface area (Å²) in [6.07, 6.45) is 0. The number of hydrogen-bond donors (Lipinski definition) is 1. The first kappa shape index (κ1) is 8.58. The van der Waals surface area contributed by atoms with Gasteiger partial charge in [-0.3, -0.25) is 4.68 Å². The maximum absolute atomic E-state index is 11.1. The van der Waals surface area contributed by atoms with Gasteiger partial charge in [-0.25, -0.2) is 4.79 Å². The molecule has 0 amide bonds. The minimum atomic E-state index is -0.383. The Hall–Kier alpha value is -1.52. The normalized spacial score (nSPS) is 9.58. The first-order valence-electron chi connectivity index (χ1n) is 3.49. The van der Waals surface area contributed by atoms with Crippen LogP contribution in [-0.2, 0) is 11.8 Å². The van der Waals surface area contributed by atoms with E-state index in [1.54, 1.807) is 20.2 Å². The molecule has 12 heavy (non-hydrogen) atoms. The lowest BCUT2D eigenvalue weighted by Gasteiger charge is -1.96. The van der Waals surface area contributed by atoms with Crippen LogP contribution in [0.4, 0.5) is 5.82 Å². The molecule has 1 rings (SSSR count). The highest BCUT2D eigenvalue weighted by molar-refractivity contribution is 5.88. The molecule has 0 unspecified atom stereocenters. The van der Waals surface area contributed by atoms with Gasteiger partial charge in [0.15, 0.2) is 0 Å². The van der Waals surface area contributed by atoms with Gasteiger partial charge in [0.25, 0.3) is 0 Å². The number of nitrogens with one attached hydrogen (secondary N) is 1. The predicted octanol–water partition coefficient (Wildman–Crippen LogP) is 0.248. The van der Waals surface area contributed by atoms with E-state index in [9.17, 15) is 4.79 Å². The lowest BCUT2D eigenvalue weighted by molar-refractivity contribution is 0.0588. The van der Waals surface area contributed by atoms with Crippen LogP contribution in [0, 0.1) is 0 Å². The van der Waals surface area contributed by atoms with Gasteiger partial charge in [0.05, 0.1) is 7.11 Å². The molecule has 5 nitrogen and oxygen atoms in total. The minimum Gasteiger partial charge on any atom is -0.464 e. The number of esters is 1. The van der Waals surface area contributed by atoms with E-state index in [1.807, 2.05) is 0 Å². The topological polar surface area (TPSA) is 56.1 Å². The lowest BCUT2D eigenvalue weighted by atomic mass is 10.4. The quantitative estimate of drug-likeness (QED) is 0.645. The number of aryl methyl sites for hydroxylation is 1. The van der Waals surface area contributed by atoms with Crippen LogP contribution >= 0.6 is 0 Å². The maximum Gasteiger partial charge on any atom is 0.356 e. The molecule has 0 radical (unpaired) electrons. The van der Waals surface area contributed by atoms with Crippen molar-refractivity contribution >= 4 is 11.8 Å². The first-order chi connectivity index (χ1) is 5.69. The van der Waals surface area contributed by atoms with E-state index in [-0.39, 0.29) is 5.97 Å². The van der Waals surface area contributed by atoms with Crippen molar-refractivity contribution in [3.63, 3.8) is 0 Å². The fourth-order valence-corrected chi connectivity index (χ4v) is 0.885. The third-order valence-corrected chi connectivity index (χ3v) is 1.53. The van der Waals surface area contributed by atoms with Gasteiger partial charge in [-0.1, -0.05) is 0 Å². The molecule has 5 heteroatoms. The Bertz CT molecular complexity index is 293. The number of hydrogen-bond acceptors (Lipinski definition) is 4. The number of methoxy groups -OCH3 is 1. The largest absolute Gasteiger partial charge is 0.464 e. The third-order valence-electron chi connectivity index (χ3n) is 1.53. The van der Waals surface area contributed by atoms with Crippen LogP contribution in [0.25, 0.3) is 0 Å². The maximum atomic E-state index is 11.1. The Morgan fingerprint density at radius 1 is 1.75 bits per heavy atom. The Morgan fingerprint density at radius 2 is 2.42 bits per heavy atom. The fraction of sp³-hybridized carbons (Fsp3) is 0.429. The highest BCUT2D eigenvalue weighted by atomic mass is 16.5. The van der Waals surface area contributed by atoms with Crippen LogP contribution in [-0.4, -0.2) is 29.9 Å². The van der Waals surface area contributed by atoms with Gasteiger partial charge in [0.1, 0.15) is 11.5 Å². The number of nitrogens with zero attached hydrogens (tertiary/aromatic N) is 2. The number of anilines is 1. The molecular formula is C7H11N3O2. The zero-order chi connectivity index (χ0) is 9.14. The summed E-state index contributed by atoms with van der Waals surface area (Å²) in [4.78, 5) is 11.1. The molecule has 0 atom stereocenters.